The van der Waals surface area contributed by atoms with Crippen LogP contribution in [0.4, 0.5) is 14.0 Å². The average molecular weight is 611 g/mol. The summed E-state index contributed by atoms with van der Waals surface area (Å²) < 4.78 is 24.2. The number of halogens is 1. The highest BCUT2D eigenvalue weighted by molar-refractivity contribution is 5.97. The van der Waals surface area contributed by atoms with Crippen LogP contribution in [0.25, 0.3) is 0 Å². The molecule has 0 radical (unpaired) electrons. The van der Waals surface area contributed by atoms with Crippen LogP contribution in [-0.2, 0) is 38.3 Å². The topological polar surface area (TPSA) is 93.2 Å². The molecule has 0 aliphatic carbocycles. The number of nitrogens with zero attached hydrogens (tertiary/aromatic N) is 2. The number of imide groups is 2. The monoisotopic (exact) mass is 610 g/mol. The molecule has 9 heteroatoms. The van der Waals surface area contributed by atoms with E-state index in [0.29, 0.717) is 18.4 Å². The van der Waals surface area contributed by atoms with Crippen molar-refractivity contribution in [1.82, 2.24) is 9.80 Å². The Morgan fingerprint density at radius 2 is 1.20 bits per heavy atom. The smallest absolute Gasteiger partial charge is 0.417 e. The largest absolute Gasteiger partial charge is 0.447 e. The molecule has 8 nitrogen and oxygen atoms in total. The molecule has 0 bridgehead atoms. The lowest BCUT2D eigenvalue weighted by Gasteiger charge is -2.25. The van der Waals surface area contributed by atoms with Crippen molar-refractivity contribution in [3.63, 3.8) is 0 Å². The summed E-state index contributed by atoms with van der Waals surface area (Å²) in [7, 11) is 0. The van der Waals surface area contributed by atoms with Crippen LogP contribution >= 0.6 is 0 Å². The van der Waals surface area contributed by atoms with E-state index in [1.807, 2.05) is 60.7 Å². The molecule has 45 heavy (non-hydrogen) atoms. The fourth-order valence-electron chi connectivity index (χ4n) is 5.71. The zero-order chi connectivity index (χ0) is 31.8. The molecule has 2 aliphatic rings. The normalized spacial score (nSPS) is 19.3. The molecule has 4 amide bonds. The van der Waals surface area contributed by atoms with Gasteiger partial charge in [0.25, 0.3) is 0 Å². The van der Waals surface area contributed by atoms with E-state index in [1.54, 1.807) is 30.4 Å². The maximum Gasteiger partial charge on any atom is 0.417 e. The Balaban J connectivity index is 1.40. The summed E-state index contributed by atoms with van der Waals surface area (Å²) in [4.78, 5) is 55.7. The first-order chi connectivity index (χ1) is 21.8. The molecule has 2 aliphatic heterocycles. The first-order valence-corrected chi connectivity index (χ1v) is 14.9. The van der Waals surface area contributed by atoms with Crippen LogP contribution in [0.5, 0.6) is 0 Å². The third kappa shape index (κ3) is 7.73. The molecule has 2 heterocycles. The van der Waals surface area contributed by atoms with Gasteiger partial charge in [0.15, 0.2) is 0 Å². The van der Waals surface area contributed by atoms with Crippen LogP contribution in [0, 0.1) is 17.7 Å². The van der Waals surface area contributed by atoms with Gasteiger partial charge in [0.1, 0.15) is 19.0 Å². The minimum absolute atomic E-state index is 0.0594. The molecular weight excluding hydrogens is 575 g/mol. The number of ether oxygens (including phenoxy) is 2. The summed E-state index contributed by atoms with van der Waals surface area (Å²) in [6.45, 7) is 3.92. The fraction of sp³-hybridized carbons (Fsp3) is 0.278. The third-order valence-electron chi connectivity index (χ3n) is 8.02. The van der Waals surface area contributed by atoms with Gasteiger partial charge in [-0.15, -0.1) is 6.58 Å². The number of carbonyl (C=O) groups is 4. The zero-order valence-corrected chi connectivity index (χ0v) is 24.8. The van der Waals surface area contributed by atoms with E-state index in [-0.39, 0.29) is 26.1 Å². The molecular formula is C36H35FN2O6. The molecule has 4 atom stereocenters. The SMILES string of the molecule is C=CC[C@@H](C=C[C@H](Cc1ccc(F)cc1)C(=O)N1C(=O)OC[C@@H]1Cc1ccccc1)C(=O)N1C(=O)OC[C@@H]1Cc1ccccc1. The van der Waals surface area contributed by atoms with Crippen LogP contribution < -0.4 is 0 Å². The van der Waals surface area contributed by atoms with Crippen molar-refractivity contribution in [1.29, 1.82) is 0 Å². The second kappa shape index (κ2) is 14.6. The van der Waals surface area contributed by atoms with Gasteiger partial charge in [-0.25, -0.2) is 23.8 Å². The van der Waals surface area contributed by atoms with Gasteiger partial charge in [-0.1, -0.05) is 91.0 Å². The highest BCUT2D eigenvalue weighted by Crippen LogP contribution is 2.26. The maximum atomic E-state index is 14.0. The lowest BCUT2D eigenvalue weighted by molar-refractivity contribution is -0.133. The minimum atomic E-state index is -0.884. The van der Waals surface area contributed by atoms with E-state index in [4.69, 9.17) is 9.47 Å². The van der Waals surface area contributed by atoms with Crippen molar-refractivity contribution >= 4 is 24.0 Å². The van der Waals surface area contributed by atoms with Gasteiger partial charge in [0.2, 0.25) is 11.8 Å². The molecule has 232 valence electrons. The molecule has 3 aromatic rings. The number of cyclic esters (lactones) is 2. The highest BCUT2D eigenvalue weighted by Gasteiger charge is 2.42. The van der Waals surface area contributed by atoms with Crippen molar-refractivity contribution in [3.05, 3.63) is 132 Å². The zero-order valence-electron chi connectivity index (χ0n) is 24.8. The second-order valence-corrected chi connectivity index (χ2v) is 11.2. The Kier molecular flexibility index (Phi) is 10.2. The van der Waals surface area contributed by atoms with Gasteiger partial charge in [0, 0.05) is 0 Å². The van der Waals surface area contributed by atoms with Crippen LogP contribution in [0.15, 0.2) is 110 Å². The molecule has 0 unspecified atom stereocenters. The highest BCUT2D eigenvalue weighted by atomic mass is 19.1. The van der Waals surface area contributed by atoms with Gasteiger partial charge in [-0.2, -0.15) is 0 Å². The summed E-state index contributed by atoms with van der Waals surface area (Å²) in [6, 6.07) is 23.8. The molecule has 0 N–H and O–H groups in total. The van der Waals surface area contributed by atoms with E-state index >= 15 is 0 Å². The van der Waals surface area contributed by atoms with Crippen molar-refractivity contribution in [2.24, 2.45) is 11.8 Å². The Bertz CT molecular complexity index is 1540. The number of hydrogen-bond donors (Lipinski definition) is 0. The van der Waals surface area contributed by atoms with Crippen LogP contribution in [0.3, 0.4) is 0 Å². The molecule has 0 spiro atoms. The van der Waals surface area contributed by atoms with Crippen molar-refractivity contribution < 1.29 is 33.0 Å². The van der Waals surface area contributed by atoms with E-state index in [1.165, 1.54) is 12.1 Å². The Morgan fingerprint density at radius 3 is 1.69 bits per heavy atom. The standard InChI is InChI=1S/C36H35FN2O6/c1-2-9-28(33(40)38-31(23-44-35(38)42)21-25-10-5-3-6-11-25)16-17-29(20-27-14-18-30(37)19-15-27)34(41)39-32(24-45-36(39)43)22-26-12-7-4-8-13-26/h2-8,10-19,28-29,31-32H,1,9,20-24H2/t28-,29+,31-,32-/m0/s1. The van der Waals surface area contributed by atoms with E-state index in [2.05, 4.69) is 6.58 Å². The van der Waals surface area contributed by atoms with Crippen molar-refractivity contribution in [2.75, 3.05) is 13.2 Å². The van der Waals surface area contributed by atoms with Crippen molar-refractivity contribution in [3.8, 4) is 0 Å². The number of hydrogen-bond acceptors (Lipinski definition) is 6. The van der Waals surface area contributed by atoms with Crippen LogP contribution in [0.1, 0.15) is 23.1 Å². The van der Waals surface area contributed by atoms with Crippen LogP contribution in [0.2, 0.25) is 0 Å². The Morgan fingerprint density at radius 1 is 0.733 bits per heavy atom. The van der Waals surface area contributed by atoms with E-state index in [9.17, 15) is 23.6 Å². The van der Waals surface area contributed by atoms with Gasteiger partial charge < -0.3 is 9.47 Å². The molecule has 0 aromatic heterocycles. The van der Waals surface area contributed by atoms with Gasteiger partial charge >= 0.3 is 12.2 Å². The quantitative estimate of drug-likeness (QED) is 0.237. The molecule has 0 saturated carbocycles. The first-order valence-electron chi connectivity index (χ1n) is 14.9. The number of allylic oxidation sites excluding steroid dienone is 1. The lowest BCUT2D eigenvalue weighted by Crippen LogP contribution is -2.44. The maximum absolute atomic E-state index is 14.0. The van der Waals surface area contributed by atoms with Crippen molar-refractivity contribution in [2.45, 2.75) is 37.8 Å². The Hall–Kier alpha value is -5.05. The molecule has 2 saturated heterocycles. The fourth-order valence-corrected chi connectivity index (χ4v) is 5.71. The average Bonchev–Trinajstić information content (AvgIpc) is 3.60. The number of benzene rings is 3. The third-order valence-corrected chi connectivity index (χ3v) is 8.02. The van der Waals surface area contributed by atoms with E-state index in [0.717, 1.165) is 20.9 Å². The second-order valence-electron chi connectivity index (χ2n) is 11.2. The summed E-state index contributed by atoms with van der Waals surface area (Å²) in [5, 5.41) is 0. The van der Waals surface area contributed by atoms with Gasteiger partial charge in [-0.05, 0) is 54.5 Å². The summed E-state index contributed by atoms with van der Waals surface area (Å²) in [5.41, 5.74) is 2.58. The molecule has 5 rings (SSSR count). The Labute approximate surface area is 261 Å². The lowest BCUT2D eigenvalue weighted by atomic mass is 9.93. The number of carbonyl (C=O) groups excluding carboxylic acids is 4. The molecule has 3 aromatic carbocycles. The first kappa shape index (κ1) is 31.4. The van der Waals surface area contributed by atoms with Gasteiger partial charge in [0.05, 0.1) is 23.9 Å². The predicted molar refractivity (Wildman–Crippen MR) is 165 cm³/mol. The minimum Gasteiger partial charge on any atom is -0.447 e. The summed E-state index contributed by atoms with van der Waals surface area (Å²) in [5.74, 6) is -3.08. The van der Waals surface area contributed by atoms with Gasteiger partial charge in [-0.3, -0.25) is 9.59 Å². The van der Waals surface area contributed by atoms with E-state index < -0.39 is 53.7 Å². The summed E-state index contributed by atoms with van der Waals surface area (Å²) >= 11 is 0. The number of rotatable bonds is 12. The predicted octanol–water partition coefficient (Wildman–Crippen LogP) is 5.91. The van der Waals surface area contributed by atoms with Crippen LogP contribution in [-0.4, -0.2) is 59.1 Å². The number of amides is 4. The molecule has 2 fully saturated rings. The summed E-state index contributed by atoms with van der Waals surface area (Å²) in [6.07, 6.45) is 4.52.